The first-order chi connectivity index (χ1) is 13.5. The summed E-state index contributed by atoms with van der Waals surface area (Å²) >= 11 is 0.442. The number of furan rings is 1. The molecule has 1 N–H and O–H groups in total. The van der Waals surface area contributed by atoms with Crippen LogP contribution in [-0.2, 0) is 0 Å². The monoisotopic (exact) mass is 401 g/mol. The number of aryl methyl sites for hydroxylation is 1. The molecule has 0 aliphatic rings. The molecule has 0 aliphatic heterocycles. The zero-order valence-electron chi connectivity index (χ0n) is 14.5. The number of anilines is 1. The Labute approximate surface area is 161 Å². The van der Waals surface area contributed by atoms with Gasteiger partial charge in [0.05, 0.1) is 22.9 Å². The number of amides is 1. The topological polar surface area (TPSA) is 81.2 Å². The van der Waals surface area contributed by atoms with Crippen molar-refractivity contribution in [1.29, 1.82) is 0 Å². The van der Waals surface area contributed by atoms with Gasteiger partial charge in [-0.3, -0.25) is 4.79 Å². The van der Waals surface area contributed by atoms with Crippen molar-refractivity contribution in [2.45, 2.75) is 17.6 Å². The summed E-state index contributed by atoms with van der Waals surface area (Å²) < 4.78 is 35.4. The van der Waals surface area contributed by atoms with Crippen molar-refractivity contribution >= 4 is 34.5 Å². The van der Waals surface area contributed by atoms with Gasteiger partial charge in [0.1, 0.15) is 5.69 Å². The minimum atomic E-state index is -2.50. The molecule has 6 nitrogen and oxygen atoms in total. The Morgan fingerprint density at radius 2 is 2.00 bits per heavy atom. The van der Waals surface area contributed by atoms with E-state index >= 15 is 0 Å². The lowest BCUT2D eigenvalue weighted by Crippen LogP contribution is -2.13. The van der Waals surface area contributed by atoms with Crippen LogP contribution in [0.25, 0.3) is 22.6 Å². The number of benzene rings is 1. The van der Waals surface area contributed by atoms with Crippen molar-refractivity contribution < 1.29 is 22.5 Å². The average Bonchev–Trinajstić information content (AvgIpc) is 3.32. The van der Waals surface area contributed by atoms with Crippen molar-refractivity contribution in [3.8, 4) is 11.5 Å². The molecular formula is C19H13F2N3O3S. The number of halogens is 2. The number of rotatable bonds is 5. The molecule has 0 unspecified atom stereocenters. The van der Waals surface area contributed by atoms with E-state index in [9.17, 15) is 13.6 Å². The van der Waals surface area contributed by atoms with Crippen molar-refractivity contribution in [3.63, 3.8) is 0 Å². The Balaban J connectivity index is 1.67. The molecule has 28 heavy (non-hydrogen) atoms. The maximum absolute atomic E-state index is 12.9. The van der Waals surface area contributed by atoms with E-state index in [-0.39, 0.29) is 5.71 Å². The lowest BCUT2D eigenvalue weighted by molar-refractivity contribution is 0.102. The lowest BCUT2D eigenvalue weighted by Gasteiger charge is -2.08. The summed E-state index contributed by atoms with van der Waals surface area (Å²) in [5.41, 5.74) is 1.98. The van der Waals surface area contributed by atoms with Crippen molar-refractivity contribution in [3.05, 3.63) is 60.0 Å². The molecule has 0 radical (unpaired) electrons. The molecule has 0 saturated heterocycles. The normalized spacial score (nSPS) is 11.3. The minimum absolute atomic E-state index is 0.222. The third-order valence-electron chi connectivity index (χ3n) is 3.97. The van der Waals surface area contributed by atoms with Crippen LogP contribution in [0.4, 0.5) is 14.5 Å². The number of fused-ring (bicyclic) bond motifs is 1. The van der Waals surface area contributed by atoms with Crippen LogP contribution < -0.4 is 5.32 Å². The molecule has 9 heteroatoms. The fourth-order valence-corrected chi connectivity index (χ4v) is 3.24. The highest BCUT2D eigenvalue weighted by molar-refractivity contribution is 7.99. The first kappa shape index (κ1) is 18.2. The van der Waals surface area contributed by atoms with E-state index in [0.717, 1.165) is 0 Å². The molecule has 0 fully saturated rings. The smallest absolute Gasteiger partial charge is 0.288 e. The van der Waals surface area contributed by atoms with Gasteiger partial charge in [0, 0.05) is 10.6 Å². The second-order valence-corrected chi connectivity index (χ2v) is 6.90. The van der Waals surface area contributed by atoms with E-state index in [4.69, 9.17) is 8.94 Å². The van der Waals surface area contributed by atoms with E-state index in [1.54, 1.807) is 37.3 Å². The number of carbonyl (C=O) groups is 1. The van der Waals surface area contributed by atoms with Crippen molar-refractivity contribution in [2.24, 2.45) is 0 Å². The van der Waals surface area contributed by atoms with Gasteiger partial charge in [0.2, 0.25) is 0 Å². The largest absolute Gasteiger partial charge is 0.463 e. The Morgan fingerprint density at radius 1 is 1.21 bits per heavy atom. The molecule has 4 aromatic rings. The maximum atomic E-state index is 12.9. The zero-order valence-corrected chi connectivity index (χ0v) is 15.3. The number of thioether (sulfide) groups is 1. The number of alkyl halides is 2. The van der Waals surface area contributed by atoms with Gasteiger partial charge in [-0.1, -0.05) is 16.9 Å². The Bertz CT molecular complexity index is 1130. The molecular weight excluding hydrogens is 388 g/mol. The van der Waals surface area contributed by atoms with E-state index < -0.39 is 11.7 Å². The molecule has 0 saturated carbocycles. The number of aromatic nitrogens is 2. The summed E-state index contributed by atoms with van der Waals surface area (Å²) in [5.74, 6) is -2.42. The van der Waals surface area contributed by atoms with Crippen LogP contribution in [0.3, 0.4) is 0 Å². The fourth-order valence-electron chi connectivity index (χ4n) is 2.74. The molecule has 142 valence electrons. The van der Waals surface area contributed by atoms with Crippen LogP contribution in [0.1, 0.15) is 16.1 Å². The molecule has 1 aromatic carbocycles. The van der Waals surface area contributed by atoms with Gasteiger partial charge in [-0.15, -0.1) is 0 Å². The molecule has 0 bridgehead atoms. The predicted molar refractivity (Wildman–Crippen MR) is 100 cm³/mol. The third-order valence-corrected chi connectivity index (χ3v) is 4.70. The minimum Gasteiger partial charge on any atom is -0.463 e. The van der Waals surface area contributed by atoms with Gasteiger partial charge in [-0.05, 0) is 49.4 Å². The predicted octanol–water partition coefficient (Wildman–Crippen LogP) is 5.36. The number of nitrogens with one attached hydrogen (secondary N) is 1. The van der Waals surface area contributed by atoms with Crippen molar-refractivity contribution in [1.82, 2.24) is 10.1 Å². The highest BCUT2D eigenvalue weighted by atomic mass is 32.2. The highest BCUT2D eigenvalue weighted by Crippen LogP contribution is 2.29. The van der Waals surface area contributed by atoms with Crippen LogP contribution in [0, 0.1) is 6.92 Å². The second kappa shape index (κ2) is 7.43. The lowest BCUT2D eigenvalue weighted by atomic mass is 10.1. The van der Waals surface area contributed by atoms with Gasteiger partial charge in [0.25, 0.3) is 17.4 Å². The van der Waals surface area contributed by atoms with E-state index in [1.807, 2.05) is 0 Å². The molecule has 3 aromatic heterocycles. The van der Waals surface area contributed by atoms with Gasteiger partial charge < -0.3 is 14.3 Å². The standard InChI is InChI=1S/C19H13F2N3O3S/c1-10-16-13(9-14(15-3-2-8-26-15)23-18(16)27-24-10)17(25)22-11-4-6-12(7-5-11)28-19(20)21/h2-9,19H,1H3,(H,22,25). The molecule has 3 heterocycles. The number of hydrogen-bond donors (Lipinski definition) is 1. The average molecular weight is 401 g/mol. The Hall–Kier alpha value is -3.20. The SMILES string of the molecule is Cc1noc2nc(-c3ccco3)cc(C(=O)Nc3ccc(SC(F)F)cc3)c12. The summed E-state index contributed by atoms with van der Waals surface area (Å²) in [4.78, 5) is 17.7. The summed E-state index contributed by atoms with van der Waals surface area (Å²) in [6.07, 6.45) is 1.51. The molecule has 0 atom stereocenters. The number of nitrogens with zero attached hydrogens (tertiary/aromatic N) is 2. The number of hydrogen-bond acceptors (Lipinski definition) is 6. The first-order valence-electron chi connectivity index (χ1n) is 8.18. The molecule has 1 amide bonds. The van der Waals surface area contributed by atoms with Gasteiger partial charge in [0.15, 0.2) is 5.76 Å². The first-order valence-corrected chi connectivity index (χ1v) is 9.06. The van der Waals surface area contributed by atoms with Gasteiger partial charge >= 0.3 is 0 Å². The Morgan fingerprint density at radius 3 is 2.68 bits per heavy atom. The summed E-state index contributed by atoms with van der Waals surface area (Å²) in [6, 6.07) is 11.2. The summed E-state index contributed by atoms with van der Waals surface area (Å²) in [6.45, 7) is 1.72. The van der Waals surface area contributed by atoms with Gasteiger partial charge in [-0.2, -0.15) is 8.78 Å². The highest BCUT2D eigenvalue weighted by Gasteiger charge is 2.20. The van der Waals surface area contributed by atoms with Crippen LogP contribution in [0.5, 0.6) is 0 Å². The molecule has 0 aliphatic carbocycles. The quantitative estimate of drug-likeness (QED) is 0.454. The Kier molecular flexibility index (Phi) is 4.82. The number of carbonyl (C=O) groups excluding carboxylic acids is 1. The fraction of sp³-hybridized carbons (Fsp3) is 0.105. The third kappa shape index (κ3) is 3.61. The van der Waals surface area contributed by atoms with E-state index in [2.05, 4.69) is 15.5 Å². The second-order valence-electron chi connectivity index (χ2n) is 5.84. The summed E-state index contributed by atoms with van der Waals surface area (Å²) in [5, 5.41) is 7.14. The van der Waals surface area contributed by atoms with E-state index in [1.165, 1.54) is 18.4 Å². The van der Waals surface area contributed by atoms with Gasteiger partial charge in [-0.25, -0.2) is 4.98 Å². The van der Waals surface area contributed by atoms with Crippen LogP contribution in [-0.4, -0.2) is 21.8 Å². The maximum Gasteiger partial charge on any atom is 0.288 e. The van der Waals surface area contributed by atoms with Crippen LogP contribution >= 0.6 is 11.8 Å². The molecule has 0 spiro atoms. The summed E-state index contributed by atoms with van der Waals surface area (Å²) in [7, 11) is 0. The number of pyridine rings is 1. The van der Waals surface area contributed by atoms with Crippen molar-refractivity contribution in [2.75, 3.05) is 5.32 Å². The zero-order chi connectivity index (χ0) is 19.7. The van der Waals surface area contributed by atoms with E-state index in [0.29, 0.717) is 50.4 Å². The van der Waals surface area contributed by atoms with Crippen LogP contribution in [0.2, 0.25) is 0 Å². The van der Waals surface area contributed by atoms with Crippen LogP contribution in [0.15, 0.2) is 62.6 Å². The molecule has 4 rings (SSSR count).